The molecule has 3 rings (SSSR count). The zero-order chi connectivity index (χ0) is 21.8. The first-order valence-corrected chi connectivity index (χ1v) is 11.4. The summed E-state index contributed by atoms with van der Waals surface area (Å²) in [4.78, 5) is 19.5. The second-order valence-corrected chi connectivity index (χ2v) is 9.78. The third-order valence-electron chi connectivity index (χ3n) is 6.38. The second-order valence-electron chi connectivity index (χ2n) is 9.78. The maximum atomic E-state index is 12.7. The predicted octanol–water partition coefficient (Wildman–Crippen LogP) is 3.29. The molecule has 0 radical (unpaired) electrons. The topological polar surface area (TPSA) is 84.4 Å². The van der Waals surface area contributed by atoms with Gasteiger partial charge < -0.3 is 29.7 Å². The third-order valence-corrected chi connectivity index (χ3v) is 6.38. The summed E-state index contributed by atoms with van der Waals surface area (Å²) in [5.41, 5.74) is -0.697. The number of methoxy groups -OCH3 is 1. The number of carbonyl (C=O) groups excluding carboxylic acids is 1. The number of hydrogen-bond donors (Lipinski definition) is 2. The van der Waals surface area contributed by atoms with Crippen LogP contribution in [0.1, 0.15) is 66.2 Å². The summed E-state index contributed by atoms with van der Waals surface area (Å²) in [6, 6.07) is 0.770. The number of carbonyl (C=O) groups is 1. The van der Waals surface area contributed by atoms with Crippen molar-refractivity contribution in [1.29, 1.82) is 0 Å². The number of ether oxygens (including phenoxy) is 3. The summed E-state index contributed by atoms with van der Waals surface area (Å²) in [6.07, 6.45) is 5.49. The molecule has 0 saturated carbocycles. The number of amides is 1. The summed E-state index contributed by atoms with van der Waals surface area (Å²) in [7, 11) is 1.77. The molecule has 3 aliphatic rings. The second kappa shape index (κ2) is 11.4. The molecule has 3 aliphatic heterocycles. The number of hydrogen-bond acceptors (Lipinski definition) is 5. The summed E-state index contributed by atoms with van der Waals surface area (Å²) in [5, 5.41) is 6.99. The highest BCUT2D eigenvalue weighted by Crippen LogP contribution is 2.36. The maximum absolute atomic E-state index is 12.7. The van der Waals surface area contributed by atoms with Gasteiger partial charge in [0.05, 0.1) is 12.1 Å². The molecule has 180 valence electrons. The molecule has 3 saturated heterocycles. The summed E-state index contributed by atoms with van der Waals surface area (Å²) < 4.78 is 17.0. The minimum absolute atomic E-state index is 0. The fourth-order valence-electron chi connectivity index (χ4n) is 4.81. The third kappa shape index (κ3) is 7.08. The summed E-state index contributed by atoms with van der Waals surface area (Å²) in [6.45, 7) is 10.7. The van der Waals surface area contributed by atoms with E-state index in [9.17, 15) is 4.79 Å². The molecular formula is C22H41IN4O4. The van der Waals surface area contributed by atoms with Crippen molar-refractivity contribution in [3.63, 3.8) is 0 Å². The number of guanidine groups is 1. The molecule has 2 atom stereocenters. The molecule has 31 heavy (non-hydrogen) atoms. The number of piperidine rings is 1. The van der Waals surface area contributed by atoms with Crippen LogP contribution in [0.4, 0.5) is 4.79 Å². The molecule has 1 amide bonds. The molecule has 0 aliphatic carbocycles. The van der Waals surface area contributed by atoms with Gasteiger partial charge in [0, 0.05) is 57.8 Å². The highest BCUT2D eigenvalue weighted by molar-refractivity contribution is 14.0. The van der Waals surface area contributed by atoms with E-state index in [0.29, 0.717) is 12.6 Å². The zero-order valence-corrected chi connectivity index (χ0v) is 22.1. The fraction of sp³-hybridized carbons (Fsp3) is 0.909. The Labute approximate surface area is 204 Å². The highest BCUT2D eigenvalue weighted by Gasteiger charge is 2.45. The van der Waals surface area contributed by atoms with Crippen LogP contribution in [0.25, 0.3) is 0 Å². The molecule has 8 nitrogen and oxygen atoms in total. The molecular weight excluding hydrogens is 511 g/mol. The smallest absolute Gasteiger partial charge is 0.410 e. The van der Waals surface area contributed by atoms with E-state index < -0.39 is 5.60 Å². The van der Waals surface area contributed by atoms with Crippen LogP contribution in [0.2, 0.25) is 0 Å². The van der Waals surface area contributed by atoms with E-state index in [-0.39, 0.29) is 47.8 Å². The molecule has 0 aromatic rings. The van der Waals surface area contributed by atoms with E-state index in [4.69, 9.17) is 19.2 Å². The monoisotopic (exact) mass is 552 g/mol. The molecule has 0 aromatic heterocycles. The van der Waals surface area contributed by atoms with Crippen LogP contribution in [0, 0.1) is 0 Å². The Hall–Kier alpha value is -0.810. The molecule has 0 spiro atoms. The zero-order valence-electron chi connectivity index (χ0n) is 19.7. The summed E-state index contributed by atoms with van der Waals surface area (Å²) >= 11 is 0. The van der Waals surface area contributed by atoms with Crippen LogP contribution < -0.4 is 10.6 Å². The lowest BCUT2D eigenvalue weighted by atomic mass is 9.94. The number of fused-ring (bicyclic) bond motifs is 2. The van der Waals surface area contributed by atoms with Gasteiger partial charge in [-0.05, 0) is 53.4 Å². The minimum Gasteiger partial charge on any atom is -0.444 e. The van der Waals surface area contributed by atoms with E-state index in [1.54, 1.807) is 7.11 Å². The predicted molar refractivity (Wildman–Crippen MR) is 132 cm³/mol. The van der Waals surface area contributed by atoms with Crippen molar-refractivity contribution in [3.8, 4) is 0 Å². The first kappa shape index (κ1) is 26.4. The number of nitrogens with zero attached hydrogens (tertiary/aromatic N) is 2. The van der Waals surface area contributed by atoms with Gasteiger partial charge in [0.15, 0.2) is 5.96 Å². The Kier molecular flexibility index (Phi) is 9.69. The lowest BCUT2D eigenvalue weighted by molar-refractivity contribution is -0.0829. The fourth-order valence-corrected chi connectivity index (χ4v) is 4.81. The molecule has 2 N–H and O–H groups in total. The lowest BCUT2D eigenvalue weighted by Crippen LogP contribution is -2.55. The van der Waals surface area contributed by atoms with Crippen molar-refractivity contribution in [2.45, 2.75) is 95.5 Å². The normalized spacial score (nSPS) is 28.0. The number of rotatable bonds is 5. The van der Waals surface area contributed by atoms with E-state index in [0.717, 1.165) is 64.2 Å². The van der Waals surface area contributed by atoms with Crippen LogP contribution in [-0.2, 0) is 14.2 Å². The molecule has 2 bridgehead atoms. The van der Waals surface area contributed by atoms with Crippen molar-refractivity contribution in [2.75, 3.05) is 33.4 Å². The van der Waals surface area contributed by atoms with Crippen LogP contribution >= 0.6 is 24.0 Å². The SMILES string of the molecule is CCNC(=NCC1(OC)CCOCC1)NC1CC2CCC(C1)N2C(=O)OC(C)(C)C.I. The van der Waals surface area contributed by atoms with Gasteiger partial charge in [0.1, 0.15) is 5.60 Å². The van der Waals surface area contributed by atoms with Gasteiger partial charge in [-0.1, -0.05) is 0 Å². The van der Waals surface area contributed by atoms with E-state index in [1.165, 1.54) is 0 Å². The summed E-state index contributed by atoms with van der Waals surface area (Å²) in [5.74, 6) is 0.829. The Balaban J connectivity index is 0.00000341. The lowest BCUT2D eigenvalue weighted by Gasteiger charge is -2.40. The van der Waals surface area contributed by atoms with E-state index in [2.05, 4.69) is 17.6 Å². The van der Waals surface area contributed by atoms with Gasteiger partial charge in [-0.3, -0.25) is 4.99 Å². The quantitative estimate of drug-likeness (QED) is 0.310. The van der Waals surface area contributed by atoms with Crippen molar-refractivity contribution in [1.82, 2.24) is 15.5 Å². The van der Waals surface area contributed by atoms with Crippen LogP contribution in [0.15, 0.2) is 4.99 Å². The van der Waals surface area contributed by atoms with Gasteiger partial charge in [-0.25, -0.2) is 4.79 Å². The van der Waals surface area contributed by atoms with Gasteiger partial charge >= 0.3 is 6.09 Å². The first-order chi connectivity index (χ1) is 14.3. The highest BCUT2D eigenvalue weighted by atomic mass is 127. The Morgan fingerprint density at radius 2 is 1.81 bits per heavy atom. The Morgan fingerprint density at radius 3 is 2.32 bits per heavy atom. The largest absolute Gasteiger partial charge is 0.444 e. The van der Waals surface area contributed by atoms with Crippen LogP contribution in [0.5, 0.6) is 0 Å². The van der Waals surface area contributed by atoms with Gasteiger partial charge in [0.2, 0.25) is 0 Å². The van der Waals surface area contributed by atoms with Crippen molar-refractivity contribution >= 4 is 36.0 Å². The van der Waals surface area contributed by atoms with Crippen molar-refractivity contribution in [3.05, 3.63) is 0 Å². The molecule has 3 fully saturated rings. The van der Waals surface area contributed by atoms with Gasteiger partial charge in [-0.15, -0.1) is 24.0 Å². The maximum Gasteiger partial charge on any atom is 0.410 e. The van der Waals surface area contributed by atoms with E-state index in [1.807, 2.05) is 25.7 Å². The van der Waals surface area contributed by atoms with Gasteiger partial charge in [-0.2, -0.15) is 0 Å². The first-order valence-electron chi connectivity index (χ1n) is 11.4. The van der Waals surface area contributed by atoms with Crippen LogP contribution in [-0.4, -0.2) is 79.7 Å². The van der Waals surface area contributed by atoms with Crippen LogP contribution in [0.3, 0.4) is 0 Å². The van der Waals surface area contributed by atoms with Gasteiger partial charge in [0.25, 0.3) is 0 Å². The number of halogens is 1. The number of aliphatic imine (C=N–C) groups is 1. The van der Waals surface area contributed by atoms with Crippen molar-refractivity contribution in [2.24, 2.45) is 4.99 Å². The average molecular weight is 552 g/mol. The Morgan fingerprint density at radius 1 is 1.19 bits per heavy atom. The minimum atomic E-state index is -0.460. The molecule has 3 heterocycles. The molecule has 2 unspecified atom stereocenters. The van der Waals surface area contributed by atoms with E-state index >= 15 is 0 Å². The van der Waals surface area contributed by atoms with Crippen molar-refractivity contribution < 1.29 is 19.0 Å². The molecule has 0 aromatic carbocycles. The number of nitrogens with one attached hydrogen (secondary N) is 2. The Bertz CT molecular complexity index is 605. The molecule has 9 heteroatoms. The standard InChI is InChI=1S/C22H40N4O4.HI/c1-6-23-19(24-15-22(28-5)9-11-29-12-10-22)25-16-13-17-7-8-18(14-16)26(17)20(27)30-21(2,3)4;/h16-18H,6-15H2,1-5H3,(H2,23,24,25);1H. The average Bonchev–Trinajstić information content (AvgIpc) is 2.97.